The molecule has 4 aliphatic carbocycles. The fourth-order valence-electron chi connectivity index (χ4n) is 6.72. The molecule has 6 rings (SSSR count). The molecule has 8 nitrogen and oxygen atoms in total. The SMILES string of the molecule is COc1cccc(CN(C(=O)COc2cccnc2[N+](=O)[O-])C23CC4CC(CC(C4)C2)C3)c1. The fraction of sp³-hybridized carbons (Fsp3) is 0.520. The summed E-state index contributed by atoms with van der Waals surface area (Å²) in [5.74, 6) is 2.29. The Hall–Kier alpha value is -3.16. The van der Waals surface area contributed by atoms with Gasteiger partial charge in [-0.15, -0.1) is 0 Å². The van der Waals surface area contributed by atoms with Crippen LogP contribution in [0.5, 0.6) is 11.5 Å². The topological polar surface area (TPSA) is 94.8 Å². The molecule has 0 spiro atoms. The number of aromatic nitrogens is 1. The average molecular weight is 452 g/mol. The number of hydrogen-bond acceptors (Lipinski definition) is 6. The summed E-state index contributed by atoms with van der Waals surface area (Å²) in [6.07, 6.45) is 8.26. The fourth-order valence-corrected chi connectivity index (χ4v) is 6.72. The maximum absolute atomic E-state index is 13.7. The third-order valence-electron chi connectivity index (χ3n) is 7.63. The van der Waals surface area contributed by atoms with E-state index in [-0.39, 0.29) is 29.6 Å². The molecule has 0 atom stereocenters. The van der Waals surface area contributed by atoms with E-state index in [1.165, 1.54) is 31.5 Å². The third-order valence-corrected chi connectivity index (χ3v) is 7.63. The van der Waals surface area contributed by atoms with Gasteiger partial charge in [-0.25, -0.2) is 0 Å². The zero-order valence-electron chi connectivity index (χ0n) is 18.8. The standard InChI is InChI=1S/C25H29N3O5/c1-32-21-5-2-4-17(11-21)15-27(25-12-18-8-19(13-25)10-20(9-18)14-25)23(29)16-33-22-6-3-7-26-24(22)28(30)31/h2-7,11,18-20H,8-10,12-16H2,1H3. The minimum absolute atomic E-state index is 0.0164. The van der Waals surface area contributed by atoms with E-state index in [9.17, 15) is 14.9 Å². The number of carbonyl (C=O) groups is 1. The molecule has 0 radical (unpaired) electrons. The van der Waals surface area contributed by atoms with E-state index >= 15 is 0 Å². The quantitative estimate of drug-likeness (QED) is 0.437. The van der Waals surface area contributed by atoms with Gasteiger partial charge in [0.2, 0.25) is 5.75 Å². The van der Waals surface area contributed by atoms with Gasteiger partial charge in [0.1, 0.15) is 11.9 Å². The van der Waals surface area contributed by atoms with Crippen LogP contribution in [0.25, 0.3) is 0 Å². The van der Waals surface area contributed by atoms with Gasteiger partial charge in [0.05, 0.1) is 7.11 Å². The number of nitrogens with zero attached hydrogens (tertiary/aromatic N) is 3. The van der Waals surface area contributed by atoms with E-state index in [2.05, 4.69) is 4.98 Å². The highest BCUT2D eigenvalue weighted by atomic mass is 16.6. The molecular weight excluding hydrogens is 422 g/mol. The van der Waals surface area contributed by atoms with Gasteiger partial charge < -0.3 is 24.5 Å². The van der Waals surface area contributed by atoms with E-state index in [1.54, 1.807) is 13.2 Å². The minimum atomic E-state index is -0.590. The van der Waals surface area contributed by atoms with Crippen molar-refractivity contribution >= 4 is 11.7 Å². The van der Waals surface area contributed by atoms with E-state index in [4.69, 9.17) is 9.47 Å². The number of benzene rings is 1. The second kappa shape index (κ2) is 8.65. The van der Waals surface area contributed by atoms with Crippen molar-refractivity contribution in [1.29, 1.82) is 0 Å². The third kappa shape index (κ3) is 4.26. The molecule has 0 aliphatic heterocycles. The molecule has 0 unspecified atom stereocenters. The van der Waals surface area contributed by atoms with Gasteiger partial charge >= 0.3 is 5.82 Å². The summed E-state index contributed by atoms with van der Waals surface area (Å²) >= 11 is 0. The maximum atomic E-state index is 13.7. The number of methoxy groups -OCH3 is 1. The van der Waals surface area contributed by atoms with E-state index in [1.807, 2.05) is 29.2 Å². The Kier molecular flexibility index (Phi) is 5.68. The van der Waals surface area contributed by atoms with E-state index < -0.39 is 4.92 Å². The lowest BCUT2D eigenvalue weighted by molar-refractivity contribution is -0.390. The first-order chi connectivity index (χ1) is 16.0. The molecule has 1 aromatic carbocycles. The van der Waals surface area contributed by atoms with Crippen molar-refractivity contribution in [2.45, 2.75) is 50.6 Å². The van der Waals surface area contributed by atoms with Crippen molar-refractivity contribution in [3.05, 3.63) is 58.3 Å². The van der Waals surface area contributed by atoms with Crippen LogP contribution in [-0.4, -0.2) is 40.0 Å². The van der Waals surface area contributed by atoms with Gasteiger partial charge in [0.25, 0.3) is 5.91 Å². The van der Waals surface area contributed by atoms with Crippen LogP contribution in [0.2, 0.25) is 0 Å². The summed E-state index contributed by atoms with van der Waals surface area (Å²) < 4.78 is 11.1. The normalized spacial score (nSPS) is 27.2. The molecule has 1 amide bonds. The number of carbonyl (C=O) groups excluding carboxylic acids is 1. The van der Waals surface area contributed by atoms with Crippen LogP contribution in [0, 0.1) is 27.9 Å². The Morgan fingerprint density at radius 2 is 1.85 bits per heavy atom. The van der Waals surface area contributed by atoms with Gasteiger partial charge in [-0.3, -0.25) is 4.79 Å². The van der Waals surface area contributed by atoms with Crippen molar-refractivity contribution in [3.8, 4) is 11.5 Å². The van der Waals surface area contributed by atoms with Crippen LogP contribution in [0.15, 0.2) is 42.6 Å². The Bertz CT molecular complexity index is 1020. The van der Waals surface area contributed by atoms with Gasteiger partial charge in [-0.1, -0.05) is 12.1 Å². The zero-order valence-corrected chi connectivity index (χ0v) is 18.8. The van der Waals surface area contributed by atoms with Crippen molar-refractivity contribution in [2.24, 2.45) is 17.8 Å². The van der Waals surface area contributed by atoms with Gasteiger partial charge in [-0.05, 0) is 96.0 Å². The number of nitro groups is 1. The number of hydrogen-bond donors (Lipinski definition) is 0. The lowest BCUT2D eigenvalue weighted by Crippen LogP contribution is -2.61. The molecule has 0 saturated heterocycles. The summed E-state index contributed by atoms with van der Waals surface area (Å²) in [6.45, 7) is 0.221. The van der Waals surface area contributed by atoms with Crippen LogP contribution in [0.1, 0.15) is 44.1 Å². The number of ether oxygens (including phenoxy) is 2. The summed E-state index contributed by atoms with van der Waals surface area (Å²) in [6, 6.07) is 10.9. The Morgan fingerprint density at radius 1 is 1.15 bits per heavy atom. The summed E-state index contributed by atoms with van der Waals surface area (Å²) in [4.78, 5) is 30.1. The Balaban J connectivity index is 1.41. The molecule has 4 saturated carbocycles. The predicted molar refractivity (Wildman–Crippen MR) is 121 cm³/mol. The zero-order chi connectivity index (χ0) is 23.0. The van der Waals surface area contributed by atoms with Gasteiger partial charge in [0.15, 0.2) is 6.61 Å². The highest BCUT2D eigenvalue weighted by Gasteiger charge is 2.54. The highest BCUT2D eigenvalue weighted by Crippen LogP contribution is 2.58. The first-order valence-corrected chi connectivity index (χ1v) is 11.6. The summed E-state index contributed by atoms with van der Waals surface area (Å²) in [5.41, 5.74) is 0.838. The molecule has 4 fully saturated rings. The number of rotatable bonds is 8. The van der Waals surface area contributed by atoms with Crippen molar-refractivity contribution < 1.29 is 19.2 Å². The summed E-state index contributed by atoms with van der Waals surface area (Å²) in [5, 5.41) is 11.3. The van der Waals surface area contributed by atoms with Crippen LogP contribution >= 0.6 is 0 Å². The smallest absolute Gasteiger partial charge is 0.406 e. The molecule has 1 aromatic heterocycles. The van der Waals surface area contributed by atoms with Crippen LogP contribution in [-0.2, 0) is 11.3 Å². The van der Waals surface area contributed by atoms with Crippen LogP contribution in [0.3, 0.4) is 0 Å². The van der Waals surface area contributed by atoms with Crippen molar-refractivity contribution in [3.63, 3.8) is 0 Å². The van der Waals surface area contributed by atoms with Gasteiger partial charge in [0, 0.05) is 12.1 Å². The van der Waals surface area contributed by atoms with Crippen molar-refractivity contribution in [1.82, 2.24) is 9.88 Å². The highest BCUT2D eigenvalue weighted by molar-refractivity contribution is 5.79. The lowest BCUT2D eigenvalue weighted by atomic mass is 9.52. The van der Waals surface area contributed by atoms with Crippen LogP contribution < -0.4 is 9.47 Å². The molecule has 4 aliphatic rings. The van der Waals surface area contributed by atoms with E-state index in [0.29, 0.717) is 24.3 Å². The molecule has 8 heteroatoms. The number of pyridine rings is 1. The van der Waals surface area contributed by atoms with Crippen LogP contribution in [0.4, 0.5) is 5.82 Å². The molecule has 174 valence electrons. The van der Waals surface area contributed by atoms with Gasteiger partial charge in [-0.2, -0.15) is 0 Å². The molecule has 4 bridgehead atoms. The second-order valence-electron chi connectivity index (χ2n) is 9.84. The lowest BCUT2D eigenvalue weighted by Gasteiger charge is -2.60. The van der Waals surface area contributed by atoms with E-state index in [0.717, 1.165) is 30.6 Å². The average Bonchev–Trinajstić information content (AvgIpc) is 2.80. The minimum Gasteiger partial charge on any atom is -0.497 e. The Labute approximate surface area is 193 Å². The monoisotopic (exact) mass is 451 g/mol. The first-order valence-electron chi connectivity index (χ1n) is 11.6. The Morgan fingerprint density at radius 3 is 2.48 bits per heavy atom. The molecule has 0 N–H and O–H groups in total. The molecule has 1 heterocycles. The first kappa shape index (κ1) is 21.7. The molecular formula is C25H29N3O5. The summed E-state index contributed by atoms with van der Waals surface area (Å²) in [7, 11) is 1.63. The maximum Gasteiger partial charge on any atom is 0.406 e. The molecule has 2 aromatic rings. The van der Waals surface area contributed by atoms with Crippen molar-refractivity contribution in [2.75, 3.05) is 13.7 Å². The number of amides is 1. The largest absolute Gasteiger partial charge is 0.497 e. The predicted octanol–water partition coefficient (Wildman–Crippen LogP) is 4.37. The second-order valence-corrected chi connectivity index (χ2v) is 9.84. The molecule has 33 heavy (non-hydrogen) atoms.